The highest BCUT2D eigenvalue weighted by atomic mass is 35.5. The van der Waals surface area contributed by atoms with E-state index in [9.17, 15) is 0 Å². The molecule has 0 aliphatic heterocycles. The van der Waals surface area contributed by atoms with Crippen LogP contribution in [0.4, 0.5) is 0 Å². The molecule has 0 atom stereocenters. The molecule has 0 N–H and O–H groups in total. The van der Waals surface area contributed by atoms with Crippen LogP contribution >= 0.6 is 11.6 Å². The van der Waals surface area contributed by atoms with Crippen molar-refractivity contribution in [3.63, 3.8) is 0 Å². The summed E-state index contributed by atoms with van der Waals surface area (Å²) < 4.78 is 1.85. The van der Waals surface area contributed by atoms with E-state index in [4.69, 9.17) is 11.6 Å². The van der Waals surface area contributed by atoms with Crippen molar-refractivity contribution in [3.8, 4) is 0 Å². The Balaban J connectivity index is 2.86. The summed E-state index contributed by atoms with van der Waals surface area (Å²) in [6.07, 6.45) is 5.17. The van der Waals surface area contributed by atoms with Crippen LogP contribution in [0.25, 0.3) is 5.52 Å². The van der Waals surface area contributed by atoms with Gasteiger partial charge in [-0.3, -0.25) is 0 Å². The zero-order chi connectivity index (χ0) is 7.84. The number of imidazole rings is 1. The molecule has 0 saturated heterocycles. The van der Waals surface area contributed by atoms with Crippen molar-refractivity contribution in [1.82, 2.24) is 14.4 Å². The van der Waals surface area contributed by atoms with Crippen LogP contribution in [0.3, 0.4) is 0 Å². The van der Waals surface area contributed by atoms with Gasteiger partial charge < -0.3 is 4.40 Å². The van der Waals surface area contributed by atoms with E-state index < -0.39 is 0 Å². The van der Waals surface area contributed by atoms with E-state index in [0.29, 0.717) is 5.15 Å². The molecule has 0 amide bonds. The fraction of sp³-hybridized carbons (Fsp3) is 0.143. The number of hydrogen-bond donors (Lipinski definition) is 0. The lowest BCUT2D eigenvalue weighted by Gasteiger charge is -1.92. The molecule has 0 aliphatic carbocycles. The molecular formula is C7H6ClN3. The summed E-state index contributed by atoms with van der Waals surface area (Å²) in [7, 11) is 0. The number of fused-ring (bicyclic) bond motifs is 1. The van der Waals surface area contributed by atoms with Gasteiger partial charge in [-0.15, -0.1) is 0 Å². The highest BCUT2D eigenvalue weighted by Crippen LogP contribution is 2.09. The van der Waals surface area contributed by atoms with Gasteiger partial charge in [0.05, 0.1) is 23.7 Å². The summed E-state index contributed by atoms with van der Waals surface area (Å²) in [6, 6.07) is 0. The normalized spacial score (nSPS) is 10.7. The molecule has 0 fully saturated rings. The lowest BCUT2D eigenvalue weighted by molar-refractivity contribution is 1.11. The molecule has 0 aromatic carbocycles. The zero-order valence-corrected chi connectivity index (χ0v) is 6.71. The predicted molar refractivity (Wildman–Crippen MR) is 42.7 cm³/mol. The molecule has 2 rings (SSSR count). The average Bonchev–Trinajstić information content (AvgIpc) is 2.32. The first-order valence-electron chi connectivity index (χ1n) is 3.22. The summed E-state index contributed by atoms with van der Waals surface area (Å²) in [4.78, 5) is 8.05. The maximum Gasteiger partial charge on any atom is 0.145 e. The van der Waals surface area contributed by atoms with Crippen LogP contribution < -0.4 is 0 Å². The zero-order valence-electron chi connectivity index (χ0n) is 5.95. The van der Waals surface area contributed by atoms with Gasteiger partial charge in [0.1, 0.15) is 5.15 Å². The molecular weight excluding hydrogens is 162 g/mol. The molecule has 0 unspecified atom stereocenters. The largest absolute Gasteiger partial charge is 0.301 e. The van der Waals surface area contributed by atoms with Crippen LogP contribution in [0.1, 0.15) is 5.69 Å². The first-order chi connectivity index (χ1) is 5.27. The van der Waals surface area contributed by atoms with E-state index in [1.165, 1.54) is 0 Å². The van der Waals surface area contributed by atoms with Crippen LogP contribution in [-0.2, 0) is 0 Å². The number of aryl methyl sites for hydroxylation is 1. The first kappa shape index (κ1) is 6.61. The van der Waals surface area contributed by atoms with E-state index in [1.807, 2.05) is 11.3 Å². The third kappa shape index (κ3) is 0.973. The van der Waals surface area contributed by atoms with Crippen molar-refractivity contribution in [3.05, 3.63) is 29.6 Å². The minimum Gasteiger partial charge on any atom is -0.301 e. The summed E-state index contributed by atoms with van der Waals surface area (Å²) in [5.41, 5.74) is 1.96. The summed E-state index contributed by atoms with van der Waals surface area (Å²) in [5, 5.41) is 0.481. The topological polar surface area (TPSA) is 30.2 Å². The molecule has 2 heterocycles. The van der Waals surface area contributed by atoms with Crippen LogP contribution in [0.5, 0.6) is 0 Å². The number of hydrogen-bond acceptors (Lipinski definition) is 2. The fourth-order valence-electron chi connectivity index (χ4n) is 0.998. The van der Waals surface area contributed by atoms with Crippen molar-refractivity contribution >= 4 is 17.1 Å². The molecule has 2 aromatic rings. The highest BCUT2D eigenvalue weighted by Gasteiger charge is 1.98. The molecule has 0 spiro atoms. The summed E-state index contributed by atoms with van der Waals surface area (Å²) in [6.45, 7) is 1.94. The van der Waals surface area contributed by atoms with Gasteiger partial charge in [-0.1, -0.05) is 11.6 Å². The lowest BCUT2D eigenvalue weighted by Crippen LogP contribution is -1.84. The summed E-state index contributed by atoms with van der Waals surface area (Å²) in [5.74, 6) is 0. The van der Waals surface area contributed by atoms with E-state index >= 15 is 0 Å². The van der Waals surface area contributed by atoms with Gasteiger partial charge in [0, 0.05) is 6.20 Å². The Labute approximate surface area is 68.7 Å². The van der Waals surface area contributed by atoms with Gasteiger partial charge in [-0.2, -0.15) is 0 Å². The third-order valence-corrected chi connectivity index (χ3v) is 1.78. The van der Waals surface area contributed by atoms with Gasteiger partial charge in [0.2, 0.25) is 0 Å². The predicted octanol–water partition coefficient (Wildman–Crippen LogP) is 1.69. The van der Waals surface area contributed by atoms with Gasteiger partial charge in [-0.25, -0.2) is 9.97 Å². The Morgan fingerprint density at radius 2 is 2.27 bits per heavy atom. The van der Waals surface area contributed by atoms with E-state index in [-0.39, 0.29) is 0 Å². The van der Waals surface area contributed by atoms with Crippen LogP contribution in [0.15, 0.2) is 18.7 Å². The van der Waals surface area contributed by atoms with E-state index in [2.05, 4.69) is 9.97 Å². The fourth-order valence-corrected chi connectivity index (χ4v) is 1.15. The highest BCUT2D eigenvalue weighted by molar-refractivity contribution is 6.29. The molecule has 0 aliphatic rings. The number of nitrogens with zero attached hydrogens (tertiary/aromatic N) is 3. The maximum absolute atomic E-state index is 5.67. The van der Waals surface area contributed by atoms with Crippen molar-refractivity contribution < 1.29 is 0 Å². The second-order valence-electron chi connectivity index (χ2n) is 2.33. The molecule has 0 radical (unpaired) electrons. The van der Waals surface area contributed by atoms with Gasteiger partial charge >= 0.3 is 0 Å². The van der Waals surface area contributed by atoms with Gasteiger partial charge in [0.25, 0.3) is 0 Å². The second kappa shape index (κ2) is 2.20. The third-order valence-electron chi connectivity index (χ3n) is 1.58. The van der Waals surface area contributed by atoms with Crippen molar-refractivity contribution in [1.29, 1.82) is 0 Å². The molecule has 0 saturated carbocycles. The molecule has 4 heteroatoms. The Morgan fingerprint density at radius 3 is 3.09 bits per heavy atom. The minimum atomic E-state index is 0.481. The number of rotatable bonds is 0. The van der Waals surface area contributed by atoms with Gasteiger partial charge in [0.15, 0.2) is 0 Å². The number of aromatic nitrogens is 3. The molecule has 56 valence electrons. The van der Waals surface area contributed by atoms with Crippen LogP contribution in [0, 0.1) is 6.92 Å². The Hall–Kier alpha value is -1.09. The standard InChI is InChI=1S/C7H6ClN3/c1-5-6-2-9-7(8)3-11(6)4-10-5/h2-4H,1H3. The van der Waals surface area contributed by atoms with Gasteiger partial charge in [-0.05, 0) is 6.92 Å². The Morgan fingerprint density at radius 1 is 1.45 bits per heavy atom. The smallest absolute Gasteiger partial charge is 0.145 e. The van der Waals surface area contributed by atoms with Crippen molar-refractivity contribution in [2.24, 2.45) is 0 Å². The lowest BCUT2D eigenvalue weighted by atomic mass is 10.4. The summed E-state index contributed by atoms with van der Waals surface area (Å²) >= 11 is 5.67. The Kier molecular flexibility index (Phi) is 1.32. The SMILES string of the molecule is Cc1ncn2cc(Cl)ncc12. The molecule has 0 bridgehead atoms. The second-order valence-corrected chi connectivity index (χ2v) is 2.72. The van der Waals surface area contributed by atoms with Crippen LogP contribution in [0.2, 0.25) is 5.15 Å². The van der Waals surface area contributed by atoms with Crippen molar-refractivity contribution in [2.45, 2.75) is 6.92 Å². The van der Waals surface area contributed by atoms with Crippen LogP contribution in [-0.4, -0.2) is 14.4 Å². The quantitative estimate of drug-likeness (QED) is 0.598. The van der Waals surface area contributed by atoms with E-state index in [1.54, 1.807) is 18.7 Å². The monoisotopic (exact) mass is 167 g/mol. The van der Waals surface area contributed by atoms with E-state index in [0.717, 1.165) is 11.2 Å². The average molecular weight is 168 g/mol. The molecule has 3 nitrogen and oxygen atoms in total. The maximum atomic E-state index is 5.67. The number of halogens is 1. The minimum absolute atomic E-state index is 0.481. The molecule has 11 heavy (non-hydrogen) atoms. The Bertz CT molecular complexity index is 393. The molecule has 2 aromatic heterocycles. The van der Waals surface area contributed by atoms with Crippen molar-refractivity contribution in [2.75, 3.05) is 0 Å². The first-order valence-corrected chi connectivity index (χ1v) is 3.60.